The van der Waals surface area contributed by atoms with Crippen LogP contribution in [0.25, 0.3) is 17.1 Å². The minimum atomic E-state index is -0.655. The third kappa shape index (κ3) is 3.52. The van der Waals surface area contributed by atoms with Crippen LogP contribution in [0.3, 0.4) is 0 Å². The number of carbonyl (C=O) groups is 1. The van der Waals surface area contributed by atoms with Gasteiger partial charge in [-0.1, -0.05) is 11.2 Å². The summed E-state index contributed by atoms with van der Waals surface area (Å²) in [7, 11) is 2.66. The normalized spacial score (nSPS) is 15.2. The predicted molar refractivity (Wildman–Crippen MR) is 113 cm³/mol. The lowest BCUT2D eigenvalue weighted by molar-refractivity contribution is 0.0378. The van der Waals surface area contributed by atoms with Gasteiger partial charge >= 0.3 is 0 Å². The third-order valence-corrected chi connectivity index (χ3v) is 5.55. The average molecular weight is 468 g/mol. The molecule has 174 valence electrons. The maximum atomic E-state index is 14.4. The molecule has 1 unspecified atom stereocenters. The van der Waals surface area contributed by atoms with Gasteiger partial charge in [0, 0.05) is 12.6 Å². The molecule has 4 aromatic rings. The van der Waals surface area contributed by atoms with Gasteiger partial charge in [-0.2, -0.15) is 20.0 Å². The second kappa shape index (κ2) is 8.54. The SMILES string of the molecule is COc1cc(C(=O)N2CCC2c2nc(-c3cccc(F)c3OC)no2)c(-n2nccn2)cc1F. The second-order valence-electron chi connectivity index (χ2n) is 7.40. The van der Waals surface area contributed by atoms with Crippen LogP contribution in [0.15, 0.2) is 47.2 Å². The zero-order valence-electron chi connectivity index (χ0n) is 18.1. The average Bonchev–Trinajstić information content (AvgIpc) is 3.50. The molecule has 34 heavy (non-hydrogen) atoms. The van der Waals surface area contributed by atoms with Gasteiger partial charge in [0.2, 0.25) is 11.7 Å². The number of nitrogens with zero attached hydrogens (tertiary/aromatic N) is 6. The molecule has 0 radical (unpaired) electrons. The van der Waals surface area contributed by atoms with E-state index in [2.05, 4.69) is 20.3 Å². The monoisotopic (exact) mass is 468 g/mol. The molecule has 0 aliphatic carbocycles. The van der Waals surface area contributed by atoms with E-state index < -0.39 is 23.6 Å². The van der Waals surface area contributed by atoms with Crippen LogP contribution in [0.1, 0.15) is 28.7 Å². The van der Waals surface area contributed by atoms with E-state index in [-0.39, 0.29) is 34.5 Å². The molecular weight excluding hydrogens is 450 g/mol. The van der Waals surface area contributed by atoms with E-state index in [1.165, 1.54) is 49.7 Å². The molecule has 12 heteroatoms. The lowest BCUT2D eigenvalue weighted by Crippen LogP contribution is -2.45. The summed E-state index contributed by atoms with van der Waals surface area (Å²) >= 11 is 0. The molecule has 2 aromatic carbocycles. The summed E-state index contributed by atoms with van der Waals surface area (Å²) in [5.74, 6) is -1.40. The van der Waals surface area contributed by atoms with Crippen LogP contribution in [0.5, 0.6) is 11.5 Å². The van der Waals surface area contributed by atoms with E-state index >= 15 is 0 Å². The Kier molecular flexibility index (Phi) is 5.40. The first kappa shape index (κ1) is 21.5. The lowest BCUT2D eigenvalue weighted by Gasteiger charge is -2.38. The molecule has 1 fully saturated rings. The number of ether oxygens (including phenoxy) is 2. The first-order chi connectivity index (χ1) is 16.5. The number of methoxy groups -OCH3 is 2. The van der Waals surface area contributed by atoms with Crippen LogP contribution < -0.4 is 9.47 Å². The van der Waals surface area contributed by atoms with Gasteiger partial charge in [0.05, 0.1) is 37.7 Å². The number of hydrogen-bond acceptors (Lipinski definition) is 8. The van der Waals surface area contributed by atoms with Gasteiger partial charge in [0.25, 0.3) is 5.91 Å². The highest BCUT2D eigenvalue weighted by atomic mass is 19.1. The van der Waals surface area contributed by atoms with Crippen LogP contribution in [-0.2, 0) is 0 Å². The van der Waals surface area contributed by atoms with Crippen molar-refractivity contribution < 1.29 is 27.6 Å². The van der Waals surface area contributed by atoms with E-state index in [9.17, 15) is 13.6 Å². The molecule has 0 spiro atoms. The van der Waals surface area contributed by atoms with Gasteiger partial charge in [-0.15, -0.1) is 0 Å². The molecule has 1 atom stereocenters. The van der Waals surface area contributed by atoms with Gasteiger partial charge < -0.3 is 18.9 Å². The van der Waals surface area contributed by atoms with Crippen molar-refractivity contribution in [3.8, 4) is 28.6 Å². The maximum Gasteiger partial charge on any atom is 0.256 e. The Morgan fingerprint density at radius 2 is 1.91 bits per heavy atom. The first-order valence-electron chi connectivity index (χ1n) is 10.2. The van der Waals surface area contributed by atoms with Crippen molar-refractivity contribution in [2.75, 3.05) is 20.8 Å². The Bertz CT molecular complexity index is 1360. The van der Waals surface area contributed by atoms with Crippen molar-refractivity contribution in [2.24, 2.45) is 0 Å². The van der Waals surface area contributed by atoms with Gasteiger partial charge in [0.15, 0.2) is 23.1 Å². The number of likely N-dealkylation sites (tertiary alicyclic amines) is 1. The minimum absolute atomic E-state index is 0.00818. The summed E-state index contributed by atoms with van der Waals surface area (Å²) in [6, 6.07) is 6.31. The van der Waals surface area contributed by atoms with E-state index in [1.807, 2.05) is 0 Å². The van der Waals surface area contributed by atoms with Gasteiger partial charge in [-0.05, 0) is 24.6 Å². The maximum absolute atomic E-state index is 14.4. The molecular formula is C22H18F2N6O4. The van der Waals surface area contributed by atoms with Crippen LogP contribution >= 0.6 is 0 Å². The Morgan fingerprint density at radius 3 is 2.59 bits per heavy atom. The molecule has 1 saturated heterocycles. The molecule has 3 heterocycles. The van der Waals surface area contributed by atoms with Crippen LogP contribution in [-0.4, -0.2) is 56.7 Å². The smallest absolute Gasteiger partial charge is 0.256 e. The van der Waals surface area contributed by atoms with E-state index in [1.54, 1.807) is 6.07 Å². The minimum Gasteiger partial charge on any atom is -0.494 e. The number of carbonyl (C=O) groups excluding carboxylic acids is 1. The fraction of sp³-hybridized carbons (Fsp3) is 0.227. The van der Waals surface area contributed by atoms with Gasteiger partial charge in [0.1, 0.15) is 11.7 Å². The van der Waals surface area contributed by atoms with Crippen LogP contribution in [0.2, 0.25) is 0 Å². The quantitative estimate of drug-likeness (QED) is 0.425. The Hall–Kier alpha value is -4.35. The second-order valence-corrected chi connectivity index (χ2v) is 7.40. The molecule has 0 bridgehead atoms. The van der Waals surface area contributed by atoms with E-state index in [0.29, 0.717) is 18.5 Å². The lowest BCUT2D eigenvalue weighted by atomic mass is 10.00. The molecule has 1 aliphatic rings. The molecule has 10 nitrogen and oxygen atoms in total. The molecule has 5 rings (SSSR count). The number of para-hydroxylation sites is 1. The highest BCUT2D eigenvalue weighted by molar-refractivity contribution is 5.98. The van der Waals surface area contributed by atoms with Crippen molar-refractivity contribution in [1.29, 1.82) is 0 Å². The van der Waals surface area contributed by atoms with Crippen molar-refractivity contribution in [1.82, 2.24) is 30.0 Å². The summed E-state index contributed by atoms with van der Waals surface area (Å²) in [4.78, 5) is 20.5. The summed E-state index contributed by atoms with van der Waals surface area (Å²) in [5.41, 5.74) is 0.630. The molecule has 0 saturated carbocycles. The fourth-order valence-electron chi connectivity index (χ4n) is 3.79. The zero-order chi connectivity index (χ0) is 23.8. The number of hydrogen-bond donors (Lipinski definition) is 0. The highest BCUT2D eigenvalue weighted by Gasteiger charge is 2.39. The zero-order valence-corrected chi connectivity index (χ0v) is 18.1. The third-order valence-electron chi connectivity index (χ3n) is 5.55. The number of halogens is 2. The van der Waals surface area contributed by atoms with Gasteiger partial charge in [-0.25, -0.2) is 8.78 Å². The van der Waals surface area contributed by atoms with E-state index in [0.717, 1.165) is 10.9 Å². The largest absolute Gasteiger partial charge is 0.494 e. The number of amides is 1. The summed E-state index contributed by atoms with van der Waals surface area (Å²) in [6.45, 7) is 0.413. The Balaban J connectivity index is 1.47. The van der Waals surface area contributed by atoms with Crippen molar-refractivity contribution in [2.45, 2.75) is 12.5 Å². The standard InChI is InChI=1S/C22H18F2N6O4/c1-32-18-10-13(17(11-15(18)24)30-25-7-8-26-30)22(31)29-9-6-16(29)21-27-20(28-34-21)12-4-3-5-14(23)19(12)33-2/h3-5,7-8,10-11,16H,6,9H2,1-2H3. The highest BCUT2D eigenvalue weighted by Crippen LogP contribution is 2.37. The predicted octanol–water partition coefficient (Wildman–Crippen LogP) is 3.20. The van der Waals surface area contributed by atoms with Crippen molar-refractivity contribution >= 4 is 5.91 Å². The summed E-state index contributed by atoms with van der Waals surface area (Å²) in [5, 5.41) is 12.0. The fourth-order valence-corrected chi connectivity index (χ4v) is 3.79. The Labute approximate surface area is 191 Å². The van der Waals surface area contributed by atoms with Crippen LogP contribution in [0, 0.1) is 11.6 Å². The molecule has 1 aliphatic heterocycles. The first-order valence-corrected chi connectivity index (χ1v) is 10.2. The summed E-state index contributed by atoms with van der Waals surface area (Å²) in [6.07, 6.45) is 3.41. The number of rotatable bonds is 6. The summed E-state index contributed by atoms with van der Waals surface area (Å²) < 4.78 is 44.0. The topological polar surface area (TPSA) is 108 Å². The molecule has 1 amide bonds. The van der Waals surface area contributed by atoms with E-state index in [4.69, 9.17) is 14.0 Å². The molecule has 0 N–H and O–H groups in total. The number of benzene rings is 2. The van der Waals surface area contributed by atoms with Crippen LogP contribution in [0.4, 0.5) is 8.78 Å². The van der Waals surface area contributed by atoms with Crippen molar-refractivity contribution in [3.63, 3.8) is 0 Å². The molecule has 2 aromatic heterocycles. The Morgan fingerprint density at radius 1 is 1.12 bits per heavy atom. The number of aromatic nitrogens is 5. The van der Waals surface area contributed by atoms with Crippen molar-refractivity contribution in [3.05, 3.63) is 65.8 Å². The van der Waals surface area contributed by atoms with Gasteiger partial charge in [-0.3, -0.25) is 4.79 Å².